The molecule has 0 saturated heterocycles. The standard InChI is InChI=1S/C9H12O2/c1-9(2)7(4-5-11-3)6-8(9)10/h4-6H,1-3H3. The van der Waals surface area contributed by atoms with Crippen LogP contribution in [0.15, 0.2) is 24.0 Å². The molecule has 0 fully saturated rings. The molecule has 0 aromatic rings. The summed E-state index contributed by atoms with van der Waals surface area (Å²) in [4.78, 5) is 11.0. The van der Waals surface area contributed by atoms with Crippen LogP contribution < -0.4 is 0 Å². The van der Waals surface area contributed by atoms with Gasteiger partial charge in [0, 0.05) is 0 Å². The summed E-state index contributed by atoms with van der Waals surface area (Å²) >= 11 is 0. The van der Waals surface area contributed by atoms with Crippen molar-refractivity contribution in [3.63, 3.8) is 0 Å². The molecule has 0 bridgehead atoms. The van der Waals surface area contributed by atoms with E-state index in [1.807, 2.05) is 19.9 Å². The van der Waals surface area contributed by atoms with Crippen LogP contribution in [0.4, 0.5) is 0 Å². The predicted molar refractivity (Wildman–Crippen MR) is 43.0 cm³/mol. The molecule has 0 unspecified atom stereocenters. The fourth-order valence-corrected chi connectivity index (χ4v) is 0.964. The molecule has 0 N–H and O–H groups in total. The van der Waals surface area contributed by atoms with Crippen LogP contribution in [0.2, 0.25) is 0 Å². The van der Waals surface area contributed by atoms with E-state index in [4.69, 9.17) is 4.74 Å². The topological polar surface area (TPSA) is 26.3 Å². The number of carbonyl (C=O) groups excluding carboxylic acids is 1. The molecule has 0 heterocycles. The second-order valence-electron chi connectivity index (χ2n) is 3.13. The van der Waals surface area contributed by atoms with Crippen LogP contribution in [0.5, 0.6) is 0 Å². The second kappa shape index (κ2) is 2.53. The summed E-state index contributed by atoms with van der Waals surface area (Å²) < 4.78 is 4.74. The summed E-state index contributed by atoms with van der Waals surface area (Å²) in [6, 6.07) is 0. The van der Waals surface area contributed by atoms with Crippen LogP contribution in [0, 0.1) is 5.41 Å². The average Bonchev–Trinajstić information content (AvgIpc) is 1.97. The fraction of sp³-hybridized carbons (Fsp3) is 0.444. The lowest BCUT2D eigenvalue weighted by Crippen LogP contribution is -2.33. The van der Waals surface area contributed by atoms with Crippen molar-refractivity contribution >= 4 is 5.78 Å². The largest absolute Gasteiger partial charge is 0.504 e. The van der Waals surface area contributed by atoms with Crippen LogP contribution in [0.25, 0.3) is 0 Å². The first-order valence-corrected chi connectivity index (χ1v) is 3.55. The Morgan fingerprint density at radius 2 is 2.18 bits per heavy atom. The molecule has 0 radical (unpaired) electrons. The van der Waals surface area contributed by atoms with Crippen molar-refractivity contribution in [2.45, 2.75) is 13.8 Å². The van der Waals surface area contributed by atoms with Crippen LogP contribution in [0.1, 0.15) is 13.8 Å². The third-order valence-corrected chi connectivity index (χ3v) is 2.01. The van der Waals surface area contributed by atoms with E-state index in [1.165, 1.54) is 0 Å². The molecule has 0 aromatic carbocycles. The molecule has 1 aliphatic carbocycles. The smallest absolute Gasteiger partial charge is 0.165 e. The zero-order valence-corrected chi connectivity index (χ0v) is 7.05. The molecular formula is C9H12O2. The number of rotatable bonds is 2. The molecule has 0 spiro atoms. The Labute approximate surface area is 66.5 Å². The third-order valence-electron chi connectivity index (χ3n) is 2.01. The van der Waals surface area contributed by atoms with Gasteiger partial charge < -0.3 is 4.74 Å². The van der Waals surface area contributed by atoms with Gasteiger partial charge in [-0.05, 0) is 31.6 Å². The van der Waals surface area contributed by atoms with E-state index in [0.29, 0.717) is 0 Å². The van der Waals surface area contributed by atoms with Crippen LogP contribution >= 0.6 is 0 Å². The number of carbonyl (C=O) groups is 1. The van der Waals surface area contributed by atoms with Gasteiger partial charge in [0.15, 0.2) is 5.78 Å². The molecule has 0 amide bonds. The maximum absolute atomic E-state index is 11.0. The lowest BCUT2D eigenvalue weighted by Gasteiger charge is -2.31. The van der Waals surface area contributed by atoms with Gasteiger partial charge >= 0.3 is 0 Å². The lowest BCUT2D eigenvalue weighted by molar-refractivity contribution is -0.122. The molecule has 1 aliphatic rings. The summed E-state index contributed by atoms with van der Waals surface area (Å²) in [6.45, 7) is 3.81. The second-order valence-corrected chi connectivity index (χ2v) is 3.13. The first kappa shape index (κ1) is 8.05. The Morgan fingerprint density at radius 3 is 2.55 bits per heavy atom. The van der Waals surface area contributed by atoms with Crippen LogP contribution in [-0.4, -0.2) is 12.9 Å². The van der Waals surface area contributed by atoms with E-state index in [1.54, 1.807) is 19.4 Å². The Morgan fingerprint density at radius 1 is 1.55 bits per heavy atom. The van der Waals surface area contributed by atoms with E-state index < -0.39 is 0 Å². The minimum atomic E-state index is -0.297. The maximum atomic E-state index is 11.0. The van der Waals surface area contributed by atoms with Gasteiger partial charge in [-0.25, -0.2) is 0 Å². The number of methoxy groups -OCH3 is 1. The van der Waals surface area contributed by atoms with E-state index in [9.17, 15) is 4.79 Å². The monoisotopic (exact) mass is 152 g/mol. The highest BCUT2D eigenvalue weighted by Crippen LogP contribution is 2.37. The summed E-state index contributed by atoms with van der Waals surface area (Å²) in [5.41, 5.74) is 0.735. The number of allylic oxidation sites excluding steroid dienone is 3. The van der Waals surface area contributed by atoms with E-state index >= 15 is 0 Å². The van der Waals surface area contributed by atoms with Crippen LogP contribution in [0.3, 0.4) is 0 Å². The quantitative estimate of drug-likeness (QED) is 0.563. The van der Waals surface area contributed by atoms with Crippen molar-refractivity contribution in [2.75, 3.05) is 7.11 Å². The minimum absolute atomic E-state index is 0.188. The fourth-order valence-electron chi connectivity index (χ4n) is 0.964. The molecule has 60 valence electrons. The third kappa shape index (κ3) is 1.20. The van der Waals surface area contributed by atoms with Gasteiger partial charge in [-0.15, -0.1) is 0 Å². The number of hydrogen-bond acceptors (Lipinski definition) is 2. The zero-order valence-electron chi connectivity index (χ0n) is 7.05. The van der Waals surface area contributed by atoms with Gasteiger partial charge in [-0.1, -0.05) is 0 Å². The van der Waals surface area contributed by atoms with Crippen molar-refractivity contribution in [3.8, 4) is 0 Å². The Balaban J connectivity index is 2.72. The van der Waals surface area contributed by atoms with Gasteiger partial charge in [0.05, 0.1) is 18.8 Å². The molecule has 0 saturated carbocycles. The molecule has 0 aromatic heterocycles. The Hall–Kier alpha value is -1.05. The van der Waals surface area contributed by atoms with Gasteiger partial charge in [0.25, 0.3) is 0 Å². The zero-order chi connectivity index (χ0) is 8.48. The molecule has 11 heavy (non-hydrogen) atoms. The van der Waals surface area contributed by atoms with Crippen molar-refractivity contribution in [3.05, 3.63) is 24.0 Å². The van der Waals surface area contributed by atoms with Crippen molar-refractivity contribution < 1.29 is 9.53 Å². The van der Waals surface area contributed by atoms with Gasteiger partial charge in [0.2, 0.25) is 0 Å². The summed E-state index contributed by atoms with van der Waals surface area (Å²) in [5, 5.41) is 0. The lowest BCUT2D eigenvalue weighted by atomic mass is 9.71. The molecule has 2 nitrogen and oxygen atoms in total. The minimum Gasteiger partial charge on any atom is -0.504 e. The van der Waals surface area contributed by atoms with E-state index in [2.05, 4.69) is 0 Å². The highest BCUT2D eigenvalue weighted by Gasteiger charge is 2.37. The number of hydrogen-bond donors (Lipinski definition) is 0. The number of ether oxygens (including phenoxy) is 1. The van der Waals surface area contributed by atoms with Gasteiger partial charge in [-0.3, -0.25) is 4.79 Å². The number of ketones is 1. The molecule has 0 atom stereocenters. The van der Waals surface area contributed by atoms with Gasteiger partial charge in [-0.2, -0.15) is 0 Å². The van der Waals surface area contributed by atoms with Crippen molar-refractivity contribution in [1.82, 2.24) is 0 Å². The molecule has 0 aliphatic heterocycles. The van der Waals surface area contributed by atoms with Crippen molar-refractivity contribution in [1.29, 1.82) is 0 Å². The average molecular weight is 152 g/mol. The van der Waals surface area contributed by atoms with Gasteiger partial charge in [0.1, 0.15) is 0 Å². The SMILES string of the molecule is COC=CC1=CC(=O)C1(C)C. The molecule has 2 heteroatoms. The first-order chi connectivity index (χ1) is 5.09. The highest BCUT2D eigenvalue weighted by molar-refractivity contribution is 6.05. The van der Waals surface area contributed by atoms with E-state index in [0.717, 1.165) is 5.57 Å². The molecular weight excluding hydrogens is 140 g/mol. The normalized spacial score (nSPS) is 21.4. The summed E-state index contributed by atoms with van der Waals surface area (Å²) in [5.74, 6) is 0.188. The van der Waals surface area contributed by atoms with E-state index in [-0.39, 0.29) is 11.2 Å². The summed E-state index contributed by atoms with van der Waals surface area (Å²) in [7, 11) is 1.59. The predicted octanol–water partition coefficient (Wildman–Crippen LogP) is 1.68. The molecule has 1 rings (SSSR count). The Bertz CT molecular complexity index is 234. The van der Waals surface area contributed by atoms with Crippen molar-refractivity contribution in [2.24, 2.45) is 5.41 Å². The summed E-state index contributed by atoms with van der Waals surface area (Å²) in [6.07, 6.45) is 5.04. The Kier molecular flexibility index (Phi) is 1.85. The maximum Gasteiger partial charge on any atom is 0.165 e. The first-order valence-electron chi connectivity index (χ1n) is 3.55. The van der Waals surface area contributed by atoms with Crippen LogP contribution in [-0.2, 0) is 9.53 Å². The highest BCUT2D eigenvalue weighted by atomic mass is 16.5.